The molecule has 1 spiro atoms. The summed E-state index contributed by atoms with van der Waals surface area (Å²) in [4.78, 5) is 55.4. The molecule has 39 heavy (non-hydrogen) atoms. The van der Waals surface area contributed by atoms with Crippen molar-refractivity contribution in [3.63, 3.8) is 0 Å². The molecule has 9 heteroatoms. The van der Waals surface area contributed by atoms with Crippen LogP contribution in [0.3, 0.4) is 0 Å². The Balaban J connectivity index is 1.57. The van der Waals surface area contributed by atoms with Crippen LogP contribution in [0, 0.1) is 11.8 Å². The first kappa shape index (κ1) is 26.3. The smallest absolute Gasteiger partial charge is 0.416 e. The lowest BCUT2D eigenvalue weighted by atomic mass is 9.59. The average Bonchev–Trinajstić information content (AvgIpc) is 3.15. The molecule has 6 nitrogen and oxygen atoms in total. The maximum atomic E-state index is 14.1. The monoisotopic (exact) mass is 535 g/mol. The molecule has 200 valence electrons. The number of ketones is 2. The van der Waals surface area contributed by atoms with Crippen molar-refractivity contribution >= 4 is 29.1 Å². The molecule has 5 rings (SSSR count). The Morgan fingerprint density at radius 2 is 1.46 bits per heavy atom. The fourth-order valence-electron chi connectivity index (χ4n) is 5.81. The lowest BCUT2D eigenvalue weighted by Crippen LogP contribution is -2.58. The number of anilines is 1. The van der Waals surface area contributed by atoms with Crippen molar-refractivity contribution in [2.75, 3.05) is 18.6 Å². The second-order valence-corrected chi connectivity index (χ2v) is 9.83. The summed E-state index contributed by atoms with van der Waals surface area (Å²) in [6.07, 6.45) is -5.16. The van der Waals surface area contributed by atoms with Crippen LogP contribution in [-0.2, 0) is 25.9 Å². The Morgan fingerprint density at radius 1 is 0.872 bits per heavy atom. The molecule has 0 aliphatic carbocycles. The van der Waals surface area contributed by atoms with Crippen molar-refractivity contribution in [3.8, 4) is 0 Å². The van der Waals surface area contributed by atoms with Gasteiger partial charge < -0.3 is 9.64 Å². The molecule has 1 amide bonds. The van der Waals surface area contributed by atoms with Gasteiger partial charge in [-0.05, 0) is 23.8 Å². The van der Waals surface area contributed by atoms with Crippen LogP contribution in [0.1, 0.15) is 44.7 Å². The largest absolute Gasteiger partial charge is 0.465 e. The number of fused-ring (bicyclic) bond motifs is 2. The van der Waals surface area contributed by atoms with Gasteiger partial charge in [0.05, 0.1) is 23.5 Å². The molecule has 0 aromatic heterocycles. The molecule has 0 saturated carbocycles. The Morgan fingerprint density at radius 3 is 2.13 bits per heavy atom. The van der Waals surface area contributed by atoms with Crippen LogP contribution in [0.15, 0.2) is 78.9 Å². The highest BCUT2D eigenvalue weighted by atomic mass is 19.4. The Labute approximate surface area is 222 Å². The zero-order chi connectivity index (χ0) is 27.9. The molecule has 0 unspecified atom stereocenters. The fraction of sp³-hybridized carbons (Fsp3) is 0.267. The van der Waals surface area contributed by atoms with Gasteiger partial charge in [-0.1, -0.05) is 60.7 Å². The zero-order valence-corrected chi connectivity index (χ0v) is 20.9. The summed E-state index contributed by atoms with van der Waals surface area (Å²) >= 11 is 0. The molecule has 3 aromatic carbocycles. The molecule has 0 radical (unpaired) electrons. The van der Waals surface area contributed by atoms with Crippen LogP contribution >= 0.6 is 0 Å². The maximum absolute atomic E-state index is 14.1. The van der Waals surface area contributed by atoms with E-state index >= 15 is 0 Å². The van der Waals surface area contributed by atoms with Crippen LogP contribution in [-0.4, -0.2) is 37.1 Å². The zero-order valence-electron chi connectivity index (χ0n) is 20.9. The van der Waals surface area contributed by atoms with Gasteiger partial charge in [0.15, 0.2) is 11.6 Å². The van der Waals surface area contributed by atoms with Crippen molar-refractivity contribution in [2.24, 2.45) is 11.8 Å². The number of hydrogen-bond acceptors (Lipinski definition) is 5. The normalized spacial score (nSPS) is 22.5. The fourth-order valence-corrected chi connectivity index (χ4v) is 5.81. The number of para-hydroxylation sites is 1. The van der Waals surface area contributed by atoms with Crippen LogP contribution in [0.25, 0.3) is 0 Å². The van der Waals surface area contributed by atoms with Crippen LogP contribution in [0.5, 0.6) is 0 Å². The first-order valence-electron chi connectivity index (χ1n) is 12.4. The summed E-state index contributed by atoms with van der Waals surface area (Å²) < 4.78 is 44.5. The topological polar surface area (TPSA) is 80.8 Å². The third kappa shape index (κ3) is 4.41. The summed E-state index contributed by atoms with van der Waals surface area (Å²) in [7, 11) is 1.57. The van der Waals surface area contributed by atoms with Crippen molar-refractivity contribution in [1.29, 1.82) is 0 Å². The number of rotatable bonds is 6. The first-order valence-corrected chi connectivity index (χ1v) is 12.4. The lowest BCUT2D eigenvalue weighted by molar-refractivity contribution is -0.167. The Hall–Kier alpha value is -4.27. The molecule has 1 saturated heterocycles. The van der Waals surface area contributed by atoms with Gasteiger partial charge in [-0.15, -0.1) is 0 Å². The van der Waals surface area contributed by atoms with E-state index in [0.29, 0.717) is 16.8 Å². The number of cyclic esters (lactones) is 1. The standard InChI is InChI=1S/C30H24F3NO5/c1-34-24-10-6-5-9-22(24)29(28(34)38)21(15-25(35)18-7-3-2-4-8-18)17-39-27(37)23(29)16-26(36)19-11-13-20(14-12-19)30(31,32)33/h2-14,21,23H,15-17H2,1H3/t21-,23-,29-/m0/s1. The van der Waals surface area contributed by atoms with Gasteiger partial charge in [0.25, 0.3) is 0 Å². The van der Waals surface area contributed by atoms with E-state index in [1.165, 1.54) is 4.90 Å². The van der Waals surface area contributed by atoms with E-state index in [-0.39, 0.29) is 24.4 Å². The van der Waals surface area contributed by atoms with Gasteiger partial charge in [-0.25, -0.2) is 0 Å². The van der Waals surface area contributed by atoms with Gasteiger partial charge in [0.1, 0.15) is 0 Å². The number of benzene rings is 3. The highest BCUT2D eigenvalue weighted by Crippen LogP contribution is 2.55. The SMILES string of the molecule is CN1C(=O)[C@]2(c3ccccc31)[C@@H](CC(=O)c1ccccc1)COC(=O)[C@@H]2CC(=O)c1ccc(C(F)(F)F)cc1. The van der Waals surface area contributed by atoms with Gasteiger partial charge >= 0.3 is 12.1 Å². The highest BCUT2D eigenvalue weighted by Gasteiger charge is 2.64. The predicted molar refractivity (Wildman–Crippen MR) is 135 cm³/mol. The summed E-state index contributed by atoms with van der Waals surface area (Å²) in [5, 5.41) is 0. The molecular weight excluding hydrogens is 511 g/mol. The van der Waals surface area contributed by atoms with E-state index in [1.54, 1.807) is 61.6 Å². The van der Waals surface area contributed by atoms with E-state index in [0.717, 1.165) is 24.3 Å². The number of esters is 1. The maximum Gasteiger partial charge on any atom is 0.416 e. The van der Waals surface area contributed by atoms with E-state index in [2.05, 4.69) is 0 Å². The second kappa shape index (κ2) is 9.80. The molecule has 1 fully saturated rings. The van der Waals surface area contributed by atoms with Gasteiger partial charge in [0, 0.05) is 42.6 Å². The number of hydrogen-bond donors (Lipinski definition) is 0. The first-order chi connectivity index (χ1) is 18.5. The number of ether oxygens (including phenoxy) is 1. The summed E-state index contributed by atoms with van der Waals surface area (Å²) in [5.41, 5.74) is -0.984. The van der Waals surface area contributed by atoms with Crippen molar-refractivity contribution in [3.05, 3.63) is 101 Å². The Kier molecular flexibility index (Phi) is 6.62. The third-order valence-corrected chi connectivity index (χ3v) is 7.73. The summed E-state index contributed by atoms with van der Waals surface area (Å²) in [6, 6.07) is 19.1. The average molecular weight is 536 g/mol. The minimum absolute atomic E-state index is 0.0273. The highest BCUT2D eigenvalue weighted by molar-refractivity contribution is 6.12. The molecule has 2 aliphatic rings. The van der Waals surface area contributed by atoms with E-state index < -0.39 is 53.1 Å². The van der Waals surface area contributed by atoms with Gasteiger partial charge in [0.2, 0.25) is 5.91 Å². The Bertz CT molecular complexity index is 1450. The van der Waals surface area contributed by atoms with Crippen molar-refractivity contribution in [2.45, 2.75) is 24.4 Å². The summed E-state index contributed by atoms with van der Waals surface area (Å²) in [5.74, 6) is -4.11. The van der Waals surface area contributed by atoms with Crippen LogP contribution in [0.4, 0.5) is 18.9 Å². The molecule has 3 aromatic rings. The summed E-state index contributed by atoms with van der Waals surface area (Å²) in [6.45, 7) is -0.198. The minimum atomic E-state index is -4.57. The van der Waals surface area contributed by atoms with E-state index in [4.69, 9.17) is 4.74 Å². The predicted octanol–water partition coefficient (Wildman–Crippen LogP) is 5.25. The number of amides is 1. The van der Waals surface area contributed by atoms with Crippen LogP contribution < -0.4 is 4.90 Å². The van der Waals surface area contributed by atoms with Crippen LogP contribution in [0.2, 0.25) is 0 Å². The molecule has 0 bridgehead atoms. The number of carbonyl (C=O) groups is 4. The second-order valence-electron chi connectivity index (χ2n) is 9.83. The number of alkyl halides is 3. The molecule has 2 heterocycles. The number of likely N-dealkylation sites (N-methyl/N-ethyl adjacent to an activating group) is 1. The molecule has 2 aliphatic heterocycles. The molecule has 3 atom stereocenters. The van der Waals surface area contributed by atoms with Crippen molar-refractivity contribution in [1.82, 2.24) is 0 Å². The number of Topliss-reactive ketones (excluding diaryl/α,β-unsaturated/α-hetero) is 2. The number of nitrogens with zero attached hydrogens (tertiary/aromatic N) is 1. The molecular formula is C30H24F3NO5. The molecule has 0 N–H and O–H groups in total. The van der Waals surface area contributed by atoms with E-state index in [1.807, 2.05) is 0 Å². The van der Waals surface area contributed by atoms with Gasteiger partial charge in [-0.2, -0.15) is 13.2 Å². The number of halogens is 3. The van der Waals surface area contributed by atoms with E-state index in [9.17, 15) is 32.3 Å². The quantitative estimate of drug-likeness (QED) is 0.318. The minimum Gasteiger partial charge on any atom is -0.465 e. The van der Waals surface area contributed by atoms with Crippen molar-refractivity contribution < 1.29 is 37.1 Å². The lowest BCUT2D eigenvalue weighted by Gasteiger charge is -2.44. The van der Waals surface area contributed by atoms with Gasteiger partial charge in [-0.3, -0.25) is 19.2 Å². The number of carbonyl (C=O) groups excluding carboxylic acids is 4. The third-order valence-electron chi connectivity index (χ3n) is 7.73.